The van der Waals surface area contributed by atoms with Crippen molar-refractivity contribution in [1.82, 2.24) is 9.78 Å². The maximum absolute atomic E-state index is 11.9. The summed E-state index contributed by atoms with van der Waals surface area (Å²) in [6, 6.07) is 3.72. The SMILES string of the molecule is CC(C)(C#N)CCCCn1ncc(OCCCN)cc1=O. The third-order valence-electron chi connectivity index (χ3n) is 3.19. The average Bonchev–Trinajstić information content (AvgIpc) is 2.45. The van der Waals surface area contributed by atoms with Gasteiger partial charge in [-0.3, -0.25) is 4.79 Å². The van der Waals surface area contributed by atoms with E-state index in [-0.39, 0.29) is 11.0 Å². The Labute approximate surface area is 125 Å². The fourth-order valence-electron chi connectivity index (χ4n) is 1.82. The molecule has 0 atom stereocenters. The number of rotatable bonds is 9. The molecule has 2 N–H and O–H groups in total. The quantitative estimate of drug-likeness (QED) is 0.699. The van der Waals surface area contributed by atoms with Crippen molar-refractivity contribution in [3.05, 3.63) is 22.6 Å². The lowest BCUT2D eigenvalue weighted by molar-refractivity contribution is 0.309. The summed E-state index contributed by atoms with van der Waals surface area (Å²) in [5, 5.41) is 13.0. The Hall–Kier alpha value is -1.87. The summed E-state index contributed by atoms with van der Waals surface area (Å²) >= 11 is 0. The maximum Gasteiger partial charge on any atom is 0.270 e. The Morgan fingerprint density at radius 3 is 2.81 bits per heavy atom. The van der Waals surface area contributed by atoms with Crippen LogP contribution in [0.1, 0.15) is 39.5 Å². The van der Waals surface area contributed by atoms with Crippen LogP contribution in [0, 0.1) is 16.7 Å². The van der Waals surface area contributed by atoms with Gasteiger partial charge in [0.1, 0.15) is 5.75 Å². The second-order valence-corrected chi connectivity index (χ2v) is 5.70. The van der Waals surface area contributed by atoms with Crippen LogP contribution in [0.25, 0.3) is 0 Å². The summed E-state index contributed by atoms with van der Waals surface area (Å²) < 4.78 is 6.80. The number of unbranched alkanes of at least 4 members (excludes halogenated alkanes) is 1. The summed E-state index contributed by atoms with van der Waals surface area (Å²) in [7, 11) is 0. The molecule has 0 aromatic carbocycles. The second kappa shape index (κ2) is 8.42. The molecule has 0 aliphatic rings. The number of hydrogen-bond acceptors (Lipinski definition) is 5. The second-order valence-electron chi connectivity index (χ2n) is 5.70. The van der Waals surface area contributed by atoms with Crippen LogP contribution in [0.3, 0.4) is 0 Å². The number of nitriles is 1. The zero-order valence-corrected chi connectivity index (χ0v) is 12.8. The van der Waals surface area contributed by atoms with Crippen LogP contribution < -0.4 is 16.0 Å². The first-order valence-electron chi connectivity index (χ1n) is 7.30. The van der Waals surface area contributed by atoms with Crippen LogP contribution >= 0.6 is 0 Å². The van der Waals surface area contributed by atoms with Crippen molar-refractivity contribution < 1.29 is 4.74 Å². The van der Waals surface area contributed by atoms with Gasteiger partial charge in [-0.25, -0.2) is 4.68 Å². The predicted molar refractivity (Wildman–Crippen MR) is 80.9 cm³/mol. The van der Waals surface area contributed by atoms with E-state index >= 15 is 0 Å². The minimum absolute atomic E-state index is 0.167. The molecule has 6 heteroatoms. The van der Waals surface area contributed by atoms with Gasteiger partial charge >= 0.3 is 0 Å². The van der Waals surface area contributed by atoms with Gasteiger partial charge in [-0.05, 0) is 39.7 Å². The van der Waals surface area contributed by atoms with Gasteiger partial charge in [0.25, 0.3) is 5.56 Å². The third-order valence-corrected chi connectivity index (χ3v) is 3.19. The van der Waals surface area contributed by atoms with Crippen molar-refractivity contribution in [2.45, 2.75) is 46.1 Å². The number of aromatic nitrogens is 2. The van der Waals surface area contributed by atoms with E-state index in [0.29, 0.717) is 25.4 Å². The number of nitrogens with two attached hydrogens (primary N) is 1. The molecule has 0 radical (unpaired) electrons. The summed E-state index contributed by atoms with van der Waals surface area (Å²) in [6.45, 7) is 5.45. The van der Waals surface area contributed by atoms with E-state index in [4.69, 9.17) is 15.7 Å². The molecule has 0 bridgehead atoms. The van der Waals surface area contributed by atoms with Gasteiger partial charge in [0, 0.05) is 12.6 Å². The molecule has 0 spiro atoms. The van der Waals surface area contributed by atoms with Crippen molar-refractivity contribution in [2.24, 2.45) is 11.1 Å². The van der Waals surface area contributed by atoms with Gasteiger partial charge in [0.15, 0.2) is 0 Å². The Kier molecular flexibility index (Phi) is 6.89. The van der Waals surface area contributed by atoms with Crippen LogP contribution in [-0.2, 0) is 6.54 Å². The molecule has 1 heterocycles. The Morgan fingerprint density at radius 2 is 2.19 bits per heavy atom. The molecule has 6 nitrogen and oxygen atoms in total. The largest absolute Gasteiger partial charge is 0.492 e. The number of nitrogens with zero attached hydrogens (tertiary/aromatic N) is 3. The lowest BCUT2D eigenvalue weighted by Gasteiger charge is -2.14. The van der Waals surface area contributed by atoms with Gasteiger partial charge in [0.05, 0.1) is 24.3 Å². The highest BCUT2D eigenvalue weighted by atomic mass is 16.5. The summed E-state index contributed by atoms with van der Waals surface area (Å²) in [5.74, 6) is 0.482. The fraction of sp³-hybridized carbons (Fsp3) is 0.667. The van der Waals surface area contributed by atoms with Gasteiger partial charge in [-0.1, -0.05) is 6.42 Å². The smallest absolute Gasteiger partial charge is 0.270 e. The van der Waals surface area contributed by atoms with Gasteiger partial charge < -0.3 is 10.5 Å². The lowest BCUT2D eigenvalue weighted by Crippen LogP contribution is -2.22. The molecule has 0 amide bonds. The molecule has 0 saturated carbocycles. The van der Waals surface area contributed by atoms with Gasteiger partial charge in [-0.2, -0.15) is 10.4 Å². The minimum atomic E-state index is -0.306. The van der Waals surface area contributed by atoms with E-state index < -0.39 is 0 Å². The van der Waals surface area contributed by atoms with Crippen molar-refractivity contribution in [2.75, 3.05) is 13.2 Å². The Morgan fingerprint density at radius 1 is 1.43 bits per heavy atom. The Bertz CT molecular complexity index is 531. The van der Waals surface area contributed by atoms with Crippen molar-refractivity contribution in [3.8, 4) is 11.8 Å². The van der Waals surface area contributed by atoms with Crippen LogP contribution in [0.2, 0.25) is 0 Å². The highest BCUT2D eigenvalue weighted by Crippen LogP contribution is 2.21. The predicted octanol–water partition coefficient (Wildman–Crippen LogP) is 1.69. The first kappa shape index (κ1) is 17.2. The summed E-state index contributed by atoms with van der Waals surface area (Å²) in [6.07, 6.45) is 4.84. The van der Waals surface area contributed by atoms with E-state index in [1.807, 2.05) is 13.8 Å². The number of hydrogen-bond donors (Lipinski definition) is 1. The van der Waals surface area contributed by atoms with Crippen LogP contribution in [0.15, 0.2) is 17.1 Å². The molecule has 0 saturated heterocycles. The van der Waals surface area contributed by atoms with E-state index in [1.165, 1.54) is 10.7 Å². The lowest BCUT2D eigenvalue weighted by atomic mass is 9.89. The van der Waals surface area contributed by atoms with E-state index in [0.717, 1.165) is 25.7 Å². The highest BCUT2D eigenvalue weighted by molar-refractivity contribution is 5.13. The fourth-order valence-corrected chi connectivity index (χ4v) is 1.82. The molecule has 1 rings (SSSR count). The Balaban J connectivity index is 2.43. The molecule has 1 aromatic heterocycles. The standard InChI is InChI=1S/C15H24N4O2/c1-15(2,12-17)6-3-4-8-19-14(20)10-13(11-18-19)21-9-5-7-16/h10-11H,3-9,16H2,1-2H3. The number of aryl methyl sites for hydroxylation is 1. The van der Waals surface area contributed by atoms with Gasteiger partial charge in [-0.15, -0.1) is 0 Å². The normalized spacial score (nSPS) is 11.1. The van der Waals surface area contributed by atoms with E-state index in [9.17, 15) is 4.79 Å². The zero-order chi connectivity index (χ0) is 15.7. The van der Waals surface area contributed by atoms with E-state index in [2.05, 4.69) is 11.2 Å². The first-order valence-corrected chi connectivity index (χ1v) is 7.30. The van der Waals surface area contributed by atoms with Crippen molar-refractivity contribution in [1.29, 1.82) is 5.26 Å². The third kappa shape index (κ3) is 6.41. The first-order chi connectivity index (χ1) is 9.98. The molecule has 116 valence electrons. The van der Waals surface area contributed by atoms with Gasteiger partial charge in [0.2, 0.25) is 0 Å². The van der Waals surface area contributed by atoms with Crippen molar-refractivity contribution in [3.63, 3.8) is 0 Å². The van der Waals surface area contributed by atoms with Crippen LogP contribution in [-0.4, -0.2) is 22.9 Å². The van der Waals surface area contributed by atoms with Crippen LogP contribution in [0.4, 0.5) is 0 Å². The summed E-state index contributed by atoms with van der Waals surface area (Å²) in [5.41, 5.74) is 4.90. The summed E-state index contributed by atoms with van der Waals surface area (Å²) in [4.78, 5) is 11.9. The molecule has 0 aliphatic heterocycles. The van der Waals surface area contributed by atoms with E-state index in [1.54, 1.807) is 6.20 Å². The maximum atomic E-state index is 11.9. The molecular weight excluding hydrogens is 268 g/mol. The minimum Gasteiger partial charge on any atom is -0.492 e. The number of ether oxygens (including phenoxy) is 1. The molecule has 0 unspecified atom stereocenters. The monoisotopic (exact) mass is 292 g/mol. The van der Waals surface area contributed by atoms with Crippen molar-refractivity contribution >= 4 is 0 Å². The van der Waals surface area contributed by atoms with Crippen LogP contribution in [0.5, 0.6) is 5.75 Å². The average molecular weight is 292 g/mol. The zero-order valence-electron chi connectivity index (χ0n) is 12.8. The molecule has 0 aliphatic carbocycles. The molecular formula is C15H24N4O2. The molecule has 0 fully saturated rings. The highest BCUT2D eigenvalue weighted by Gasteiger charge is 2.15. The topological polar surface area (TPSA) is 93.9 Å². The molecule has 21 heavy (non-hydrogen) atoms. The molecule has 1 aromatic rings.